The fourth-order valence-electron chi connectivity index (χ4n) is 1.65. The maximum Gasteiger partial charge on any atom is 0.285 e. The summed E-state index contributed by atoms with van der Waals surface area (Å²) < 4.78 is 0.212. The van der Waals surface area contributed by atoms with Crippen molar-refractivity contribution in [3.8, 4) is 0 Å². The zero-order valence-electron chi connectivity index (χ0n) is 11.4. The van der Waals surface area contributed by atoms with E-state index in [9.17, 15) is 19.7 Å². The van der Waals surface area contributed by atoms with Crippen LogP contribution < -0.4 is 5.43 Å². The molecule has 0 unspecified atom stereocenters. The minimum absolute atomic E-state index is 0.0662. The maximum absolute atomic E-state index is 12.2. The molecule has 0 aromatic heterocycles. The Kier molecular flexibility index (Phi) is 4.88. The number of nitrogens with one attached hydrogen (secondary N) is 1. The van der Waals surface area contributed by atoms with Crippen molar-refractivity contribution in [2.24, 2.45) is 0 Å². The number of carbonyl (C=O) groups excluding carboxylic acids is 2. The minimum atomic E-state index is -0.510. The predicted molar refractivity (Wildman–Crippen MR) is 86.5 cm³/mol. The van der Waals surface area contributed by atoms with Crippen molar-refractivity contribution in [3.05, 3.63) is 44.8 Å². The van der Waals surface area contributed by atoms with Crippen LogP contribution in [-0.4, -0.2) is 26.1 Å². The highest BCUT2D eigenvalue weighted by Crippen LogP contribution is 2.31. The van der Waals surface area contributed by atoms with Gasteiger partial charge in [0.2, 0.25) is 5.91 Å². The van der Waals surface area contributed by atoms with E-state index in [0.717, 1.165) is 16.8 Å². The van der Waals surface area contributed by atoms with Crippen molar-refractivity contribution >= 4 is 51.9 Å². The Labute approximate surface area is 135 Å². The second kappa shape index (κ2) is 6.67. The van der Waals surface area contributed by atoms with Gasteiger partial charge in [0, 0.05) is 18.6 Å². The second-order valence-corrected chi connectivity index (χ2v) is 5.93. The van der Waals surface area contributed by atoms with Crippen LogP contribution >= 0.6 is 24.0 Å². The van der Waals surface area contributed by atoms with E-state index >= 15 is 0 Å². The highest BCUT2D eigenvalue weighted by atomic mass is 32.2. The number of nitro groups is 1. The lowest BCUT2D eigenvalue weighted by molar-refractivity contribution is -0.384. The molecule has 0 radical (unpaired) electrons. The van der Waals surface area contributed by atoms with Crippen LogP contribution in [0.2, 0.25) is 0 Å². The van der Waals surface area contributed by atoms with E-state index in [1.807, 2.05) is 0 Å². The molecule has 1 aliphatic heterocycles. The monoisotopic (exact) mass is 337 g/mol. The fraction of sp³-hybridized carbons (Fsp3) is 0.154. The lowest BCUT2D eigenvalue weighted by atomic mass is 10.2. The van der Waals surface area contributed by atoms with Gasteiger partial charge in [-0.2, -0.15) is 5.01 Å². The number of rotatable bonds is 4. The van der Waals surface area contributed by atoms with Crippen molar-refractivity contribution < 1.29 is 14.5 Å². The number of non-ortho nitro benzene ring substituents is 1. The summed E-state index contributed by atoms with van der Waals surface area (Å²) in [6.07, 6.45) is 1.73. The highest BCUT2D eigenvalue weighted by Gasteiger charge is 2.33. The Bertz CT molecular complexity index is 702. The van der Waals surface area contributed by atoms with E-state index in [1.165, 1.54) is 24.3 Å². The molecule has 0 aliphatic carbocycles. The van der Waals surface area contributed by atoms with Gasteiger partial charge < -0.3 is 0 Å². The van der Waals surface area contributed by atoms with Crippen molar-refractivity contribution in [3.63, 3.8) is 0 Å². The first-order chi connectivity index (χ1) is 10.4. The van der Waals surface area contributed by atoms with Crippen LogP contribution in [-0.2, 0) is 9.59 Å². The Morgan fingerprint density at radius 3 is 2.91 bits per heavy atom. The third kappa shape index (κ3) is 3.49. The van der Waals surface area contributed by atoms with Gasteiger partial charge in [0.05, 0.1) is 9.83 Å². The highest BCUT2D eigenvalue weighted by molar-refractivity contribution is 8.26. The van der Waals surface area contributed by atoms with Gasteiger partial charge in [0.25, 0.3) is 11.6 Å². The average Bonchev–Trinajstić information content (AvgIpc) is 2.75. The number of nitrogens with zero attached hydrogens (tertiary/aromatic N) is 2. The summed E-state index contributed by atoms with van der Waals surface area (Å²) in [5.41, 5.74) is 2.85. The van der Waals surface area contributed by atoms with Crippen molar-refractivity contribution in [1.82, 2.24) is 10.4 Å². The normalized spacial score (nSPS) is 16.2. The lowest BCUT2D eigenvalue weighted by Crippen LogP contribution is -2.44. The summed E-state index contributed by atoms with van der Waals surface area (Å²) in [5.74, 6) is -0.781. The van der Waals surface area contributed by atoms with Crippen LogP contribution in [0.4, 0.5) is 5.69 Å². The van der Waals surface area contributed by atoms with E-state index in [-0.39, 0.29) is 22.3 Å². The number of thioether (sulfide) groups is 1. The predicted octanol–water partition coefficient (Wildman–Crippen LogP) is 2.24. The smallest absolute Gasteiger partial charge is 0.273 e. The molecular weight excluding hydrogens is 326 g/mol. The minimum Gasteiger partial charge on any atom is -0.273 e. The average molecular weight is 337 g/mol. The molecule has 2 rings (SSSR count). The lowest BCUT2D eigenvalue weighted by Gasteiger charge is -2.14. The SMILES string of the molecule is CCC(=O)NN1C(=O)/C(=C\c2cccc([N+](=O)[O-])c2)SC1=S. The van der Waals surface area contributed by atoms with Crippen molar-refractivity contribution in [1.29, 1.82) is 0 Å². The summed E-state index contributed by atoms with van der Waals surface area (Å²) in [5, 5.41) is 11.8. The third-order valence-corrected chi connectivity index (χ3v) is 4.03. The Morgan fingerprint density at radius 1 is 1.55 bits per heavy atom. The van der Waals surface area contributed by atoms with Gasteiger partial charge in [-0.1, -0.05) is 30.8 Å². The maximum atomic E-state index is 12.2. The van der Waals surface area contributed by atoms with Gasteiger partial charge in [-0.05, 0) is 23.9 Å². The Balaban J connectivity index is 2.24. The number of amides is 2. The van der Waals surface area contributed by atoms with Gasteiger partial charge in [0.15, 0.2) is 4.32 Å². The molecule has 114 valence electrons. The first-order valence-corrected chi connectivity index (χ1v) is 7.46. The number of hydrazine groups is 1. The molecule has 7 nitrogen and oxygen atoms in total. The zero-order chi connectivity index (χ0) is 16.3. The van der Waals surface area contributed by atoms with Gasteiger partial charge in [0.1, 0.15) is 0 Å². The Hall–Kier alpha value is -2.26. The molecule has 0 atom stereocenters. The number of benzene rings is 1. The van der Waals surface area contributed by atoms with Crippen LogP contribution in [0, 0.1) is 10.1 Å². The molecule has 9 heteroatoms. The van der Waals surface area contributed by atoms with Crippen LogP contribution in [0.15, 0.2) is 29.2 Å². The van der Waals surface area contributed by atoms with E-state index in [4.69, 9.17) is 12.2 Å². The van der Waals surface area contributed by atoms with Crippen molar-refractivity contribution in [2.45, 2.75) is 13.3 Å². The molecule has 1 aromatic rings. The number of nitro benzene ring substituents is 1. The summed E-state index contributed by atoms with van der Waals surface area (Å²) in [6, 6.07) is 5.90. The van der Waals surface area contributed by atoms with E-state index in [2.05, 4.69) is 5.43 Å². The van der Waals surface area contributed by atoms with E-state index in [0.29, 0.717) is 10.5 Å². The standard InChI is InChI=1S/C13H11N3O4S2/c1-2-11(17)14-15-12(18)10(22-13(15)21)7-8-4-3-5-9(6-8)16(19)20/h3-7H,2H2,1H3,(H,14,17)/b10-7+. The van der Waals surface area contributed by atoms with Gasteiger partial charge in [-0.15, -0.1) is 0 Å². The molecule has 22 heavy (non-hydrogen) atoms. The van der Waals surface area contributed by atoms with Crippen LogP contribution in [0.25, 0.3) is 6.08 Å². The number of hydrogen-bond donors (Lipinski definition) is 1. The Morgan fingerprint density at radius 2 is 2.27 bits per heavy atom. The van der Waals surface area contributed by atoms with Gasteiger partial charge in [-0.3, -0.25) is 25.1 Å². The first kappa shape index (κ1) is 16.1. The number of thiocarbonyl (C=S) groups is 1. The van der Waals surface area contributed by atoms with Crippen molar-refractivity contribution in [2.75, 3.05) is 0 Å². The molecular formula is C13H11N3O4S2. The third-order valence-electron chi connectivity index (χ3n) is 2.73. The molecule has 1 aromatic carbocycles. The molecule has 2 amide bonds. The second-order valence-electron chi connectivity index (χ2n) is 4.26. The van der Waals surface area contributed by atoms with Crippen LogP contribution in [0.5, 0.6) is 0 Å². The molecule has 0 spiro atoms. The summed E-state index contributed by atoms with van der Waals surface area (Å²) in [4.78, 5) is 34.1. The number of hydrogen-bond acceptors (Lipinski definition) is 6. The zero-order valence-corrected chi connectivity index (χ0v) is 13.1. The number of carbonyl (C=O) groups is 2. The van der Waals surface area contributed by atoms with Crippen LogP contribution in [0.3, 0.4) is 0 Å². The summed E-state index contributed by atoms with van der Waals surface area (Å²) in [6.45, 7) is 1.66. The van der Waals surface area contributed by atoms with E-state index in [1.54, 1.807) is 13.0 Å². The molecule has 1 N–H and O–H groups in total. The van der Waals surface area contributed by atoms with Crippen LogP contribution in [0.1, 0.15) is 18.9 Å². The largest absolute Gasteiger partial charge is 0.285 e. The topological polar surface area (TPSA) is 92.6 Å². The summed E-state index contributed by atoms with van der Waals surface area (Å²) >= 11 is 6.08. The molecule has 0 bridgehead atoms. The van der Waals surface area contributed by atoms with Gasteiger partial charge in [-0.25, -0.2) is 0 Å². The molecule has 1 saturated heterocycles. The quantitative estimate of drug-likeness (QED) is 0.392. The molecule has 0 saturated carbocycles. The van der Waals surface area contributed by atoms with Gasteiger partial charge >= 0.3 is 0 Å². The fourth-order valence-corrected chi connectivity index (χ4v) is 2.83. The molecule has 1 heterocycles. The summed E-state index contributed by atoms with van der Waals surface area (Å²) in [7, 11) is 0. The molecule has 1 fully saturated rings. The molecule has 1 aliphatic rings. The first-order valence-electron chi connectivity index (χ1n) is 6.24. The van der Waals surface area contributed by atoms with E-state index < -0.39 is 10.8 Å².